The number of nitrogens with one attached hydrogen (secondary N) is 1. The fourth-order valence-corrected chi connectivity index (χ4v) is 5.35. The van der Waals surface area contributed by atoms with Gasteiger partial charge in [0, 0.05) is 5.92 Å². The van der Waals surface area contributed by atoms with Gasteiger partial charge < -0.3 is 14.8 Å². The Kier molecular flexibility index (Phi) is 8.37. The van der Waals surface area contributed by atoms with Crippen molar-refractivity contribution in [3.63, 3.8) is 0 Å². The van der Waals surface area contributed by atoms with E-state index < -0.39 is 11.2 Å². The van der Waals surface area contributed by atoms with Gasteiger partial charge >= 0.3 is 11.9 Å². The summed E-state index contributed by atoms with van der Waals surface area (Å²) in [4.78, 5) is 25.6. The van der Waals surface area contributed by atoms with E-state index in [2.05, 4.69) is 5.32 Å². The van der Waals surface area contributed by atoms with Gasteiger partial charge in [-0.3, -0.25) is 9.59 Å². The van der Waals surface area contributed by atoms with Gasteiger partial charge in [0.2, 0.25) is 0 Å². The van der Waals surface area contributed by atoms with E-state index in [1.165, 1.54) is 19.3 Å². The van der Waals surface area contributed by atoms with Gasteiger partial charge in [0.05, 0.1) is 12.8 Å². The second-order valence-corrected chi connectivity index (χ2v) is 10.6. The van der Waals surface area contributed by atoms with Crippen molar-refractivity contribution < 1.29 is 19.1 Å². The first-order valence-electron chi connectivity index (χ1n) is 12.4. The van der Waals surface area contributed by atoms with Crippen LogP contribution in [0.2, 0.25) is 0 Å². The highest BCUT2D eigenvalue weighted by Crippen LogP contribution is 2.35. The summed E-state index contributed by atoms with van der Waals surface area (Å²) in [6.07, 6.45) is 8.32. The van der Waals surface area contributed by atoms with Crippen molar-refractivity contribution in [1.29, 1.82) is 0 Å². The molecule has 0 bridgehead atoms. The van der Waals surface area contributed by atoms with Gasteiger partial charge in [0.25, 0.3) is 0 Å². The quantitative estimate of drug-likeness (QED) is 0.573. The van der Waals surface area contributed by atoms with E-state index in [0.29, 0.717) is 11.8 Å². The molecule has 178 valence electrons. The maximum atomic E-state index is 12.8. The first kappa shape index (κ1) is 24.8. The third-order valence-corrected chi connectivity index (χ3v) is 7.45. The van der Waals surface area contributed by atoms with Crippen LogP contribution in [0.1, 0.15) is 83.8 Å². The molecule has 1 saturated heterocycles. The molecule has 0 aromatic heterocycles. The van der Waals surface area contributed by atoms with Crippen LogP contribution in [0.4, 0.5) is 0 Å². The van der Waals surface area contributed by atoms with Crippen LogP contribution >= 0.6 is 0 Å². The molecule has 32 heavy (non-hydrogen) atoms. The van der Waals surface area contributed by atoms with Crippen LogP contribution in [0.5, 0.6) is 0 Å². The minimum atomic E-state index is -0.489. The lowest BCUT2D eigenvalue weighted by atomic mass is 9.79. The Hall–Kier alpha value is -1.88. The lowest BCUT2D eigenvalue weighted by molar-refractivity contribution is -0.163. The number of hydrogen-bond acceptors (Lipinski definition) is 5. The number of ether oxygens (including phenoxy) is 2. The lowest BCUT2D eigenvalue weighted by Crippen LogP contribution is -2.43. The minimum Gasteiger partial charge on any atom is -0.459 e. The van der Waals surface area contributed by atoms with Gasteiger partial charge in [-0.05, 0) is 83.5 Å². The molecule has 0 atom stereocenters. The molecule has 5 nitrogen and oxygen atoms in total. The summed E-state index contributed by atoms with van der Waals surface area (Å²) in [7, 11) is 0. The second-order valence-electron chi connectivity index (χ2n) is 10.6. The predicted octanol–water partition coefficient (Wildman–Crippen LogP) is 5.00. The summed E-state index contributed by atoms with van der Waals surface area (Å²) in [5, 5.41) is 3.36. The topological polar surface area (TPSA) is 64.6 Å². The fraction of sp³-hybridized carbons (Fsp3) is 0.704. The number of piperidine rings is 1. The number of carbonyl (C=O) groups is 2. The van der Waals surface area contributed by atoms with Crippen molar-refractivity contribution in [2.75, 3.05) is 13.1 Å². The molecule has 1 aliphatic carbocycles. The summed E-state index contributed by atoms with van der Waals surface area (Å²) in [6, 6.07) is 7.63. The molecule has 0 radical (unpaired) electrons. The van der Waals surface area contributed by atoms with E-state index >= 15 is 0 Å². The smallest absolute Gasteiger partial charge is 0.310 e. The molecule has 2 fully saturated rings. The number of hydrogen-bond donors (Lipinski definition) is 1. The molecule has 1 heterocycles. The molecule has 1 saturated carbocycles. The molecule has 1 aromatic carbocycles. The fourth-order valence-electron chi connectivity index (χ4n) is 5.35. The highest BCUT2D eigenvalue weighted by molar-refractivity contribution is 5.76. The number of benzene rings is 1. The predicted molar refractivity (Wildman–Crippen MR) is 126 cm³/mol. The molecule has 0 spiro atoms. The highest BCUT2D eigenvalue weighted by Gasteiger charge is 2.35. The van der Waals surface area contributed by atoms with E-state index in [1.807, 2.05) is 52.0 Å². The zero-order valence-electron chi connectivity index (χ0n) is 20.4. The van der Waals surface area contributed by atoms with Crippen LogP contribution in [-0.4, -0.2) is 36.2 Å². The number of carbonyl (C=O) groups excluding carboxylic acids is 2. The summed E-state index contributed by atoms with van der Waals surface area (Å²) < 4.78 is 11.9. The lowest BCUT2D eigenvalue weighted by Gasteiger charge is -2.37. The Labute approximate surface area is 193 Å². The van der Waals surface area contributed by atoms with Crippen molar-refractivity contribution in [2.24, 2.45) is 11.8 Å². The zero-order valence-corrected chi connectivity index (χ0v) is 20.4. The summed E-state index contributed by atoms with van der Waals surface area (Å²) in [5.41, 5.74) is 0.737. The zero-order chi connectivity index (χ0) is 23.2. The van der Waals surface area contributed by atoms with Gasteiger partial charge in [-0.2, -0.15) is 0 Å². The largest absolute Gasteiger partial charge is 0.459 e. The van der Waals surface area contributed by atoms with E-state index in [0.717, 1.165) is 49.9 Å². The first-order chi connectivity index (χ1) is 15.2. The maximum Gasteiger partial charge on any atom is 0.310 e. The van der Waals surface area contributed by atoms with Crippen LogP contribution in [-0.2, 0) is 31.9 Å². The van der Waals surface area contributed by atoms with Gasteiger partial charge in [-0.15, -0.1) is 0 Å². The highest BCUT2D eigenvalue weighted by atomic mass is 16.6. The standard InChI is InChI=1S/C27H41NO4/c1-26(2,22-12-6-5-7-13-22)31-24(29)18-20-10-8-9-11-21(20)19-25(30)32-27(3,4)23-14-16-28-17-15-23/h8-11,22-23,28H,5-7,12-19H2,1-4H3. The molecule has 1 aromatic rings. The number of rotatable bonds is 8. The van der Waals surface area contributed by atoms with E-state index in [9.17, 15) is 9.59 Å². The van der Waals surface area contributed by atoms with Crippen molar-refractivity contribution in [3.05, 3.63) is 35.4 Å². The van der Waals surface area contributed by atoms with E-state index in [1.54, 1.807) is 0 Å². The van der Waals surface area contributed by atoms with Gasteiger partial charge in [0.15, 0.2) is 0 Å². The van der Waals surface area contributed by atoms with E-state index in [-0.39, 0.29) is 24.8 Å². The molecule has 5 heteroatoms. The minimum absolute atomic E-state index is 0.171. The Balaban J connectivity index is 1.58. The Bertz CT molecular complexity index is 709. The van der Waals surface area contributed by atoms with Crippen molar-refractivity contribution in [2.45, 2.75) is 96.7 Å². The summed E-state index contributed by atoms with van der Waals surface area (Å²) in [5.74, 6) is 0.316. The van der Waals surface area contributed by atoms with Crippen LogP contribution in [0, 0.1) is 11.8 Å². The average molecular weight is 444 g/mol. The Morgan fingerprint density at radius 3 is 1.69 bits per heavy atom. The van der Waals surface area contributed by atoms with E-state index in [4.69, 9.17) is 9.47 Å². The molecule has 2 aliphatic rings. The van der Waals surface area contributed by atoms with Crippen molar-refractivity contribution in [3.8, 4) is 0 Å². The number of esters is 2. The first-order valence-corrected chi connectivity index (χ1v) is 12.4. The van der Waals surface area contributed by atoms with Crippen LogP contribution in [0.25, 0.3) is 0 Å². The molecule has 3 rings (SSSR count). The van der Waals surface area contributed by atoms with Gasteiger partial charge in [0.1, 0.15) is 11.2 Å². The molecule has 1 aliphatic heterocycles. The maximum absolute atomic E-state index is 12.8. The molecule has 0 amide bonds. The van der Waals surface area contributed by atoms with Crippen LogP contribution in [0.3, 0.4) is 0 Å². The normalized spacial score (nSPS) is 18.9. The molecule has 1 N–H and O–H groups in total. The molecular weight excluding hydrogens is 402 g/mol. The average Bonchev–Trinajstić information content (AvgIpc) is 2.75. The third kappa shape index (κ3) is 6.81. The Morgan fingerprint density at radius 2 is 1.22 bits per heavy atom. The monoisotopic (exact) mass is 443 g/mol. The van der Waals surface area contributed by atoms with Gasteiger partial charge in [-0.25, -0.2) is 0 Å². The van der Waals surface area contributed by atoms with Gasteiger partial charge in [-0.1, -0.05) is 43.5 Å². The van der Waals surface area contributed by atoms with Crippen molar-refractivity contribution in [1.82, 2.24) is 5.32 Å². The molecule has 0 unspecified atom stereocenters. The third-order valence-electron chi connectivity index (χ3n) is 7.45. The van der Waals surface area contributed by atoms with Crippen molar-refractivity contribution >= 4 is 11.9 Å². The second kappa shape index (κ2) is 10.8. The Morgan fingerprint density at radius 1 is 0.781 bits per heavy atom. The molecular formula is C27H41NO4. The summed E-state index contributed by atoms with van der Waals surface area (Å²) >= 11 is 0. The van der Waals surface area contributed by atoms with Crippen LogP contribution in [0.15, 0.2) is 24.3 Å². The van der Waals surface area contributed by atoms with Crippen LogP contribution < -0.4 is 5.32 Å². The SMILES string of the molecule is CC(C)(OC(=O)Cc1ccccc1CC(=O)OC(C)(C)C1CCNCC1)C1CCCCC1. The summed E-state index contributed by atoms with van der Waals surface area (Å²) in [6.45, 7) is 10.0.